The van der Waals surface area contributed by atoms with Crippen molar-refractivity contribution in [2.45, 2.75) is 32.0 Å². The highest BCUT2D eigenvalue weighted by molar-refractivity contribution is 5.94. The van der Waals surface area contributed by atoms with Gasteiger partial charge in [-0.25, -0.2) is 4.39 Å². The number of amides is 1. The van der Waals surface area contributed by atoms with Crippen LogP contribution in [0.5, 0.6) is 0 Å². The number of carbonyl (C=O) groups excluding carboxylic acids is 1. The Kier molecular flexibility index (Phi) is 4.75. The topological polar surface area (TPSA) is 40.5 Å². The van der Waals surface area contributed by atoms with E-state index in [0.717, 1.165) is 0 Å². The Morgan fingerprint density at radius 3 is 2.45 bits per heavy atom. The number of alkyl halides is 3. The molecule has 0 bridgehead atoms. The van der Waals surface area contributed by atoms with Gasteiger partial charge in [0, 0.05) is 13.1 Å². The van der Waals surface area contributed by atoms with E-state index >= 15 is 0 Å². The lowest BCUT2D eigenvalue weighted by Gasteiger charge is -2.34. The first kappa shape index (κ1) is 16.7. The van der Waals surface area contributed by atoms with Crippen LogP contribution >= 0.6 is 0 Å². The predicted molar refractivity (Wildman–Crippen MR) is 71.8 cm³/mol. The molecule has 1 N–H and O–H groups in total. The largest absolute Gasteiger partial charge is 0.414 e. The van der Waals surface area contributed by atoms with Crippen LogP contribution in [0.15, 0.2) is 18.2 Å². The van der Waals surface area contributed by atoms with Crippen LogP contribution in [0.3, 0.4) is 0 Å². The van der Waals surface area contributed by atoms with Gasteiger partial charge < -0.3 is 10.0 Å². The molecule has 2 rings (SSSR count). The summed E-state index contributed by atoms with van der Waals surface area (Å²) in [6.07, 6.45) is -6.94. The molecule has 1 amide bonds. The van der Waals surface area contributed by atoms with Gasteiger partial charge in [-0.2, -0.15) is 13.2 Å². The number of hydrogen-bond donors (Lipinski definition) is 1. The molecule has 3 nitrogen and oxygen atoms in total. The van der Waals surface area contributed by atoms with Crippen molar-refractivity contribution < 1.29 is 27.5 Å². The highest BCUT2D eigenvalue weighted by Crippen LogP contribution is 2.32. The molecule has 0 aliphatic carbocycles. The van der Waals surface area contributed by atoms with Crippen LogP contribution in [0.1, 0.15) is 28.8 Å². The van der Waals surface area contributed by atoms with Crippen LogP contribution in [0.2, 0.25) is 0 Å². The smallest absolute Gasteiger partial charge is 0.383 e. The van der Waals surface area contributed by atoms with E-state index in [9.17, 15) is 27.5 Å². The standard InChI is InChI=1S/C15H17F4NO2/c1-9-3-2-4-11(12(9)16)14(22)20-7-5-10(6-8-20)13(21)15(17,18)19/h2-4,10,13,21H,5-8H2,1H3. The first-order valence-corrected chi connectivity index (χ1v) is 7.01. The first-order valence-electron chi connectivity index (χ1n) is 7.01. The molecule has 1 aromatic carbocycles. The molecule has 0 spiro atoms. The van der Waals surface area contributed by atoms with Crippen molar-refractivity contribution in [3.63, 3.8) is 0 Å². The van der Waals surface area contributed by atoms with Gasteiger partial charge >= 0.3 is 6.18 Å². The molecule has 1 aromatic rings. The van der Waals surface area contributed by atoms with E-state index in [-0.39, 0.29) is 31.5 Å². The Balaban J connectivity index is 2.03. The zero-order chi connectivity index (χ0) is 16.5. The Bertz CT molecular complexity index is 551. The Morgan fingerprint density at radius 1 is 1.32 bits per heavy atom. The van der Waals surface area contributed by atoms with Gasteiger partial charge in [0.15, 0.2) is 6.10 Å². The predicted octanol–water partition coefficient (Wildman–Crippen LogP) is 2.91. The summed E-state index contributed by atoms with van der Waals surface area (Å²) in [7, 11) is 0. The molecular weight excluding hydrogens is 302 g/mol. The number of carbonyl (C=O) groups is 1. The van der Waals surface area contributed by atoms with Crippen molar-refractivity contribution >= 4 is 5.91 Å². The summed E-state index contributed by atoms with van der Waals surface area (Å²) in [4.78, 5) is 13.6. The summed E-state index contributed by atoms with van der Waals surface area (Å²) >= 11 is 0. The van der Waals surface area contributed by atoms with Crippen molar-refractivity contribution in [3.8, 4) is 0 Å². The minimum atomic E-state index is -4.65. The molecule has 1 aliphatic heterocycles. The van der Waals surface area contributed by atoms with Crippen molar-refractivity contribution in [2.75, 3.05) is 13.1 Å². The zero-order valence-electron chi connectivity index (χ0n) is 12.0. The van der Waals surface area contributed by atoms with Crippen molar-refractivity contribution in [1.82, 2.24) is 4.90 Å². The summed E-state index contributed by atoms with van der Waals surface area (Å²) in [5.41, 5.74) is 0.267. The van der Waals surface area contributed by atoms with Crippen LogP contribution in [0.4, 0.5) is 17.6 Å². The van der Waals surface area contributed by atoms with E-state index in [1.165, 1.54) is 24.0 Å². The van der Waals surface area contributed by atoms with Crippen molar-refractivity contribution in [2.24, 2.45) is 5.92 Å². The summed E-state index contributed by atoms with van der Waals surface area (Å²) in [6, 6.07) is 4.46. The average Bonchev–Trinajstić information content (AvgIpc) is 2.48. The van der Waals surface area contributed by atoms with E-state index in [4.69, 9.17) is 0 Å². The Morgan fingerprint density at radius 2 is 1.91 bits per heavy atom. The molecule has 1 aliphatic rings. The Hall–Kier alpha value is -1.63. The molecule has 0 saturated carbocycles. The second-order valence-corrected chi connectivity index (χ2v) is 5.55. The van der Waals surface area contributed by atoms with E-state index in [1.54, 1.807) is 6.07 Å². The SMILES string of the molecule is Cc1cccc(C(=O)N2CCC(C(O)C(F)(F)F)CC2)c1F. The normalized spacial score (nSPS) is 18.4. The Labute approximate surface area is 125 Å². The number of nitrogens with zero attached hydrogens (tertiary/aromatic N) is 1. The van der Waals surface area contributed by atoms with Gasteiger partial charge in [0.25, 0.3) is 5.91 Å². The molecule has 1 heterocycles. The van der Waals surface area contributed by atoms with Gasteiger partial charge in [-0.3, -0.25) is 4.79 Å². The highest BCUT2D eigenvalue weighted by Gasteiger charge is 2.44. The number of hydrogen-bond acceptors (Lipinski definition) is 2. The number of rotatable bonds is 2. The first-order chi connectivity index (χ1) is 10.2. The van der Waals surface area contributed by atoms with Crippen LogP contribution in [0.25, 0.3) is 0 Å². The maximum atomic E-state index is 13.9. The zero-order valence-corrected chi connectivity index (χ0v) is 12.0. The lowest BCUT2D eigenvalue weighted by Crippen LogP contribution is -2.45. The summed E-state index contributed by atoms with van der Waals surface area (Å²) in [5.74, 6) is -2.06. The monoisotopic (exact) mass is 319 g/mol. The molecule has 122 valence electrons. The quantitative estimate of drug-likeness (QED) is 0.852. The minimum absolute atomic E-state index is 0.0415. The molecule has 1 saturated heterocycles. The highest BCUT2D eigenvalue weighted by atomic mass is 19.4. The third-order valence-corrected chi connectivity index (χ3v) is 4.03. The van der Waals surface area contributed by atoms with Crippen LogP contribution < -0.4 is 0 Å². The summed E-state index contributed by atoms with van der Waals surface area (Å²) in [6.45, 7) is 1.69. The third-order valence-electron chi connectivity index (χ3n) is 4.03. The number of likely N-dealkylation sites (tertiary alicyclic amines) is 1. The maximum Gasteiger partial charge on any atom is 0.414 e. The van der Waals surface area contributed by atoms with Gasteiger partial charge in [0.2, 0.25) is 0 Å². The molecular formula is C15H17F4NO2. The fourth-order valence-electron chi connectivity index (χ4n) is 2.67. The van der Waals surface area contributed by atoms with E-state index in [2.05, 4.69) is 0 Å². The maximum absolute atomic E-state index is 13.9. The van der Waals surface area contributed by atoms with Gasteiger partial charge in [-0.15, -0.1) is 0 Å². The number of halogens is 4. The molecule has 0 aromatic heterocycles. The summed E-state index contributed by atoms with van der Waals surface area (Å²) in [5, 5.41) is 9.24. The minimum Gasteiger partial charge on any atom is -0.383 e. The average molecular weight is 319 g/mol. The number of aryl methyl sites for hydroxylation is 1. The lowest BCUT2D eigenvalue weighted by atomic mass is 9.90. The van der Waals surface area contributed by atoms with Crippen molar-refractivity contribution in [3.05, 3.63) is 35.1 Å². The number of aliphatic hydroxyl groups is 1. The summed E-state index contributed by atoms with van der Waals surface area (Å²) < 4.78 is 51.3. The number of piperidine rings is 1. The molecule has 0 radical (unpaired) electrons. The van der Waals surface area contributed by atoms with E-state index in [0.29, 0.717) is 5.56 Å². The van der Waals surface area contributed by atoms with Gasteiger partial charge in [-0.1, -0.05) is 12.1 Å². The van der Waals surface area contributed by atoms with Gasteiger partial charge in [0.05, 0.1) is 5.56 Å². The van der Waals surface area contributed by atoms with Crippen molar-refractivity contribution in [1.29, 1.82) is 0 Å². The molecule has 1 unspecified atom stereocenters. The molecule has 7 heteroatoms. The van der Waals surface area contributed by atoms with Crippen LogP contribution in [0, 0.1) is 18.7 Å². The lowest BCUT2D eigenvalue weighted by molar-refractivity contribution is -0.222. The number of aliphatic hydroxyl groups excluding tert-OH is 1. The number of benzene rings is 1. The molecule has 1 atom stereocenters. The third kappa shape index (κ3) is 3.40. The fraction of sp³-hybridized carbons (Fsp3) is 0.533. The molecule has 1 fully saturated rings. The molecule has 22 heavy (non-hydrogen) atoms. The van der Waals surface area contributed by atoms with Crippen LogP contribution in [-0.2, 0) is 0 Å². The van der Waals surface area contributed by atoms with Gasteiger partial charge in [-0.05, 0) is 37.3 Å². The second-order valence-electron chi connectivity index (χ2n) is 5.55. The second kappa shape index (κ2) is 6.24. The fourth-order valence-corrected chi connectivity index (χ4v) is 2.67. The van der Waals surface area contributed by atoms with E-state index < -0.39 is 29.9 Å². The van der Waals surface area contributed by atoms with E-state index in [1.807, 2.05) is 0 Å². The van der Waals surface area contributed by atoms with Crippen LogP contribution in [-0.4, -0.2) is 41.3 Å². The van der Waals surface area contributed by atoms with Gasteiger partial charge in [0.1, 0.15) is 5.82 Å².